The number of hydrogen-bond donors (Lipinski definition) is 0. The van der Waals surface area contributed by atoms with Gasteiger partial charge in [-0.2, -0.15) is 0 Å². The number of nitro benzene ring substituents is 1. The van der Waals surface area contributed by atoms with Crippen LogP contribution in [0.4, 0.5) is 17.1 Å². The van der Waals surface area contributed by atoms with E-state index in [0.29, 0.717) is 37.6 Å². The monoisotopic (exact) mass is 541 g/mol. The molecule has 7 nitrogen and oxygen atoms in total. The molecule has 0 N–H and O–H groups in total. The molecule has 0 fully saturated rings. The molecule has 0 unspecified atom stereocenters. The summed E-state index contributed by atoms with van der Waals surface area (Å²) in [5.74, 6) is 0. The number of nitro groups is 1. The maximum atomic E-state index is 12.3. The Morgan fingerprint density at radius 3 is 1.39 bits per heavy atom. The smallest absolute Gasteiger partial charge is 0.294 e. The Bertz CT molecular complexity index is 1480. The van der Waals surface area contributed by atoms with Crippen LogP contribution in [-0.2, 0) is 26.2 Å². The van der Waals surface area contributed by atoms with Crippen molar-refractivity contribution in [3.05, 3.63) is 172 Å². The highest BCUT2D eigenvalue weighted by atomic mass is 16.6. The molecule has 204 valence electrons. The SMILES string of the molecule is O=[N+]([O-])c1cc(N=NN(Cc2ccccc2)Cc2ccccc2)ccc1N(Cc1ccccc1)Cc1ccccc1. The van der Waals surface area contributed by atoms with Gasteiger partial charge in [-0.15, -0.1) is 5.11 Å². The van der Waals surface area contributed by atoms with Crippen molar-refractivity contribution in [2.24, 2.45) is 10.3 Å². The maximum absolute atomic E-state index is 12.3. The molecular formula is C34H31N5O2. The molecule has 7 heteroatoms. The third-order valence-electron chi connectivity index (χ3n) is 6.63. The van der Waals surface area contributed by atoms with Crippen molar-refractivity contribution in [2.45, 2.75) is 26.2 Å². The largest absolute Gasteiger partial charge is 0.357 e. The van der Waals surface area contributed by atoms with Crippen molar-refractivity contribution in [2.75, 3.05) is 4.90 Å². The Morgan fingerprint density at radius 1 is 0.561 bits per heavy atom. The van der Waals surface area contributed by atoms with Crippen LogP contribution in [0.5, 0.6) is 0 Å². The minimum Gasteiger partial charge on any atom is -0.357 e. The van der Waals surface area contributed by atoms with Crippen molar-refractivity contribution in [3.8, 4) is 0 Å². The summed E-state index contributed by atoms with van der Waals surface area (Å²) < 4.78 is 0. The van der Waals surface area contributed by atoms with E-state index in [1.165, 1.54) is 6.07 Å². The van der Waals surface area contributed by atoms with Gasteiger partial charge in [0.05, 0.1) is 23.7 Å². The Hall–Kier alpha value is -5.30. The number of rotatable bonds is 12. The molecule has 0 aromatic heterocycles. The van der Waals surface area contributed by atoms with Crippen molar-refractivity contribution in [1.82, 2.24) is 5.01 Å². The molecule has 41 heavy (non-hydrogen) atoms. The van der Waals surface area contributed by atoms with Crippen molar-refractivity contribution < 1.29 is 4.92 Å². The number of benzene rings is 5. The van der Waals surface area contributed by atoms with Gasteiger partial charge in [0.1, 0.15) is 5.69 Å². The average Bonchev–Trinajstić information content (AvgIpc) is 3.01. The van der Waals surface area contributed by atoms with Crippen molar-refractivity contribution >= 4 is 17.1 Å². The van der Waals surface area contributed by atoms with Gasteiger partial charge >= 0.3 is 0 Å². The highest BCUT2D eigenvalue weighted by Gasteiger charge is 2.21. The zero-order valence-corrected chi connectivity index (χ0v) is 22.7. The van der Waals surface area contributed by atoms with Gasteiger partial charge in [0.15, 0.2) is 0 Å². The number of nitrogens with zero attached hydrogens (tertiary/aromatic N) is 5. The number of hydrogen-bond acceptors (Lipinski definition) is 5. The zero-order chi connectivity index (χ0) is 28.3. The van der Waals surface area contributed by atoms with Gasteiger partial charge in [0.2, 0.25) is 0 Å². The molecule has 0 heterocycles. The first-order valence-corrected chi connectivity index (χ1v) is 13.5. The van der Waals surface area contributed by atoms with Gasteiger partial charge in [-0.25, -0.2) is 0 Å². The van der Waals surface area contributed by atoms with E-state index in [-0.39, 0.29) is 10.6 Å². The molecule has 5 aromatic rings. The molecular weight excluding hydrogens is 510 g/mol. The summed E-state index contributed by atoms with van der Waals surface area (Å²) in [6.07, 6.45) is 0. The first kappa shape index (κ1) is 27.3. The Kier molecular flexibility index (Phi) is 9.09. The van der Waals surface area contributed by atoms with Gasteiger partial charge in [0, 0.05) is 19.2 Å². The summed E-state index contributed by atoms with van der Waals surface area (Å²) in [6.45, 7) is 2.17. The molecule has 5 rings (SSSR count). The van der Waals surface area contributed by atoms with Crippen LogP contribution < -0.4 is 4.90 Å². The summed E-state index contributed by atoms with van der Waals surface area (Å²) in [5, 5.41) is 23.1. The van der Waals surface area contributed by atoms with Crippen LogP contribution in [0.3, 0.4) is 0 Å². The zero-order valence-electron chi connectivity index (χ0n) is 22.7. The van der Waals surface area contributed by atoms with Gasteiger partial charge in [-0.05, 0) is 34.4 Å². The third-order valence-corrected chi connectivity index (χ3v) is 6.63. The van der Waals surface area contributed by atoms with E-state index in [2.05, 4.69) is 10.3 Å². The lowest BCUT2D eigenvalue weighted by Crippen LogP contribution is -2.23. The first-order valence-electron chi connectivity index (χ1n) is 13.5. The third kappa shape index (κ3) is 7.86. The van der Waals surface area contributed by atoms with Crippen LogP contribution in [-0.4, -0.2) is 9.93 Å². The molecule has 0 radical (unpaired) electrons. The van der Waals surface area contributed by atoms with E-state index in [9.17, 15) is 10.1 Å². The Balaban J connectivity index is 1.43. The highest BCUT2D eigenvalue weighted by molar-refractivity contribution is 5.68. The van der Waals surface area contributed by atoms with Crippen LogP contribution in [0.15, 0.2) is 150 Å². The quantitative estimate of drug-likeness (QED) is 0.0901. The van der Waals surface area contributed by atoms with Crippen LogP contribution in [0, 0.1) is 10.1 Å². The van der Waals surface area contributed by atoms with E-state index in [0.717, 1.165) is 22.3 Å². The van der Waals surface area contributed by atoms with Gasteiger partial charge in [0.25, 0.3) is 5.69 Å². The summed E-state index contributed by atoms with van der Waals surface area (Å²) in [4.78, 5) is 14.0. The molecule has 0 aliphatic rings. The summed E-state index contributed by atoms with van der Waals surface area (Å²) in [7, 11) is 0. The van der Waals surface area contributed by atoms with Crippen LogP contribution in [0.1, 0.15) is 22.3 Å². The summed E-state index contributed by atoms with van der Waals surface area (Å²) >= 11 is 0. The van der Waals surface area contributed by atoms with E-state index >= 15 is 0 Å². The minimum absolute atomic E-state index is 0.00835. The van der Waals surface area contributed by atoms with Crippen LogP contribution >= 0.6 is 0 Å². The standard InChI is InChI=1S/C34H31N5O2/c40-39(41)34-23-32(35-36-38(26-30-17-9-3-10-18-30)27-31-19-11-4-12-20-31)21-22-33(34)37(24-28-13-5-1-6-14-28)25-29-15-7-2-8-16-29/h1-23H,24-27H2. The topological polar surface area (TPSA) is 74.3 Å². The maximum Gasteiger partial charge on any atom is 0.294 e. The van der Waals surface area contributed by atoms with Crippen molar-refractivity contribution in [1.29, 1.82) is 0 Å². The predicted molar refractivity (Wildman–Crippen MR) is 163 cm³/mol. The predicted octanol–water partition coefficient (Wildman–Crippen LogP) is 8.50. The van der Waals surface area contributed by atoms with E-state index in [1.54, 1.807) is 12.1 Å². The normalized spacial score (nSPS) is 10.9. The molecule has 0 saturated heterocycles. The molecule has 0 amide bonds. The Labute approximate surface area is 240 Å². The fraction of sp³-hybridized carbons (Fsp3) is 0.118. The second-order valence-electron chi connectivity index (χ2n) is 9.74. The molecule has 0 aliphatic heterocycles. The van der Waals surface area contributed by atoms with Gasteiger partial charge < -0.3 is 4.90 Å². The molecule has 0 atom stereocenters. The second kappa shape index (κ2) is 13.7. The van der Waals surface area contributed by atoms with E-state index < -0.39 is 0 Å². The summed E-state index contributed by atoms with van der Waals surface area (Å²) in [5.41, 5.74) is 5.28. The van der Waals surface area contributed by atoms with E-state index in [4.69, 9.17) is 0 Å². The lowest BCUT2D eigenvalue weighted by Gasteiger charge is -2.25. The lowest BCUT2D eigenvalue weighted by molar-refractivity contribution is -0.384. The minimum atomic E-state index is -0.344. The Morgan fingerprint density at radius 2 is 0.976 bits per heavy atom. The van der Waals surface area contributed by atoms with Crippen LogP contribution in [0.2, 0.25) is 0 Å². The first-order chi connectivity index (χ1) is 20.1. The molecule has 0 aliphatic carbocycles. The van der Waals surface area contributed by atoms with Gasteiger partial charge in [-0.1, -0.05) is 127 Å². The van der Waals surface area contributed by atoms with E-state index in [1.807, 2.05) is 131 Å². The second-order valence-corrected chi connectivity index (χ2v) is 9.74. The van der Waals surface area contributed by atoms with Crippen molar-refractivity contribution in [3.63, 3.8) is 0 Å². The number of anilines is 1. The lowest BCUT2D eigenvalue weighted by atomic mass is 10.1. The summed E-state index contributed by atoms with van der Waals surface area (Å²) in [6, 6.07) is 45.1. The molecule has 0 spiro atoms. The average molecular weight is 542 g/mol. The fourth-order valence-electron chi connectivity index (χ4n) is 4.64. The fourth-order valence-corrected chi connectivity index (χ4v) is 4.64. The highest BCUT2D eigenvalue weighted by Crippen LogP contribution is 2.34. The molecule has 0 saturated carbocycles. The molecule has 5 aromatic carbocycles. The van der Waals surface area contributed by atoms with Gasteiger partial charge in [-0.3, -0.25) is 15.1 Å². The molecule has 0 bridgehead atoms. The van der Waals surface area contributed by atoms with Crippen LogP contribution in [0.25, 0.3) is 0 Å².